The van der Waals surface area contributed by atoms with Gasteiger partial charge in [0, 0.05) is 57.6 Å². The average Bonchev–Trinajstić information content (AvgIpc) is 3.31. The zero-order valence-corrected chi connectivity index (χ0v) is 15.5. The van der Waals surface area contributed by atoms with Crippen molar-refractivity contribution in [2.45, 2.75) is 32.1 Å². The van der Waals surface area contributed by atoms with Gasteiger partial charge in [0.2, 0.25) is 0 Å². The Balaban J connectivity index is 1.49. The number of hydrogen-bond acceptors (Lipinski definition) is 4. The predicted octanol–water partition coefficient (Wildman–Crippen LogP) is 2.05. The lowest BCUT2D eigenvalue weighted by Crippen LogP contribution is -2.40. The van der Waals surface area contributed by atoms with Crippen molar-refractivity contribution in [1.29, 1.82) is 0 Å². The minimum absolute atomic E-state index is 0.544. The van der Waals surface area contributed by atoms with E-state index in [1.54, 1.807) is 11.3 Å². The summed E-state index contributed by atoms with van der Waals surface area (Å²) in [5.41, 5.74) is 2.50. The van der Waals surface area contributed by atoms with Gasteiger partial charge in [0.15, 0.2) is 5.96 Å². The molecule has 1 aliphatic heterocycles. The van der Waals surface area contributed by atoms with Gasteiger partial charge >= 0.3 is 0 Å². The smallest absolute Gasteiger partial charge is 0.193 e. The summed E-state index contributed by atoms with van der Waals surface area (Å²) in [6.07, 6.45) is 7.22. The molecule has 3 heterocycles. The van der Waals surface area contributed by atoms with E-state index in [0.717, 1.165) is 44.9 Å². The standard InChI is InChI=1S/C17H26N6S/c1-4-16-21-15(12-24-16)5-7-19-17(18-2)23-8-6-13(11-23)14-9-20-22(3)10-14/h9-10,12-13H,4-8,11H2,1-3H3,(H,18,19). The molecular formula is C17H26N6S. The van der Waals surface area contributed by atoms with Gasteiger partial charge in [-0.3, -0.25) is 9.67 Å². The van der Waals surface area contributed by atoms with Gasteiger partial charge in [-0.05, 0) is 18.4 Å². The maximum absolute atomic E-state index is 4.62. The van der Waals surface area contributed by atoms with Crippen LogP contribution in [0.5, 0.6) is 0 Å². The molecule has 130 valence electrons. The Morgan fingerprint density at radius 3 is 3.04 bits per heavy atom. The topological polar surface area (TPSA) is 58.3 Å². The highest BCUT2D eigenvalue weighted by atomic mass is 32.1. The van der Waals surface area contributed by atoms with E-state index in [2.05, 4.69) is 43.8 Å². The van der Waals surface area contributed by atoms with Crippen molar-refractivity contribution in [3.63, 3.8) is 0 Å². The molecule has 6 nitrogen and oxygen atoms in total. The summed E-state index contributed by atoms with van der Waals surface area (Å²) in [6, 6.07) is 0. The van der Waals surface area contributed by atoms with Gasteiger partial charge < -0.3 is 10.2 Å². The molecule has 0 aromatic carbocycles. The summed E-state index contributed by atoms with van der Waals surface area (Å²) in [4.78, 5) is 11.4. The summed E-state index contributed by atoms with van der Waals surface area (Å²) in [5.74, 6) is 1.54. The minimum atomic E-state index is 0.544. The first-order chi connectivity index (χ1) is 11.7. The van der Waals surface area contributed by atoms with Crippen molar-refractivity contribution in [3.8, 4) is 0 Å². The molecule has 1 aliphatic rings. The van der Waals surface area contributed by atoms with Crippen LogP contribution in [-0.4, -0.2) is 52.3 Å². The fourth-order valence-electron chi connectivity index (χ4n) is 3.14. The van der Waals surface area contributed by atoms with Crippen LogP contribution in [0.2, 0.25) is 0 Å². The van der Waals surface area contributed by atoms with Gasteiger partial charge in [-0.2, -0.15) is 5.10 Å². The Morgan fingerprint density at radius 1 is 1.50 bits per heavy atom. The number of likely N-dealkylation sites (tertiary alicyclic amines) is 1. The molecule has 7 heteroatoms. The Bertz CT molecular complexity index is 689. The quantitative estimate of drug-likeness (QED) is 0.665. The van der Waals surface area contributed by atoms with Crippen LogP contribution in [0.25, 0.3) is 0 Å². The second-order valence-corrected chi connectivity index (χ2v) is 7.13. The number of thiazole rings is 1. The van der Waals surface area contributed by atoms with Crippen LogP contribution in [0.3, 0.4) is 0 Å². The van der Waals surface area contributed by atoms with Crippen LogP contribution in [0.15, 0.2) is 22.8 Å². The monoisotopic (exact) mass is 346 g/mol. The highest BCUT2D eigenvalue weighted by molar-refractivity contribution is 7.09. The van der Waals surface area contributed by atoms with Crippen LogP contribution >= 0.6 is 11.3 Å². The van der Waals surface area contributed by atoms with Crippen LogP contribution < -0.4 is 5.32 Å². The lowest BCUT2D eigenvalue weighted by molar-refractivity contribution is 0.486. The second kappa shape index (κ2) is 7.79. The van der Waals surface area contributed by atoms with E-state index in [1.807, 2.05) is 25.0 Å². The molecule has 0 radical (unpaired) electrons. The molecule has 0 saturated carbocycles. The highest BCUT2D eigenvalue weighted by Crippen LogP contribution is 2.26. The Morgan fingerprint density at radius 2 is 2.38 bits per heavy atom. The van der Waals surface area contributed by atoms with Gasteiger partial charge in [0.05, 0.1) is 16.9 Å². The van der Waals surface area contributed by atoms with E-state index >= 15 is 0 Å². The predicted molar refractivity (Wildman–Crippen MR) is 98.7 cm³/mol. The Hall–Kier alpha value is -1.89. The lowest BCUT2D eigenvalue weighted by atomic mass is 10.0. The van der Waals surface area contributed by atoms with Crippen molar-refractivity contribution in [1.82, 2.24) is 25.0 Å². The van der Waals surface area contributed by atoms with E-state index in [9.17, 15) is 0 Å². The Kier molecular flexibility index (Phi) is 5.50. The number of aliphatic imine (C=N–C) groups is 1. The zero-order chi connectivity index (χ0) is 16.9. The summed E-state index contributed by atoms with van der Waals surface area (Å²) < 4.78 is 1.88. The molecule has 1 saturated heterocycles. The molecule has 1 unspecified atom stereocenters. The zero-order valence-electron chi connectivity index (χ0n) is 14.7. The van der Waals surface area contributed by atoms with Gasteiger partial charge in [0.1, 0.15) is 0 Å². The molecule has 1 atom stereocenters. The Labute approximate surface area is 147 Å². The van der Waals surface area contributed by atoms with Crippen LogP contribution in [0.1, 0.15) is 35.5 Å². The molecule has 2 aromatic heterocycles. The van der Waals surface area contributed by atoms with Gasteiger partial charge in [0.25, 0.3) is 0 Å². The second-order valence-electron chi connectivity index (χ2n) is 6.19. The fraction of sp³-hybridized carbons (Fsp3) is 0.588. The van der Waals surface area contributed by atoms with Crippen LogP contribution in [0, 0.1) is 0 Å². The third-order valence-corrected chi connectivity index (χ3v) is 5.50. The van der Waals surface area contributed by atoms with E-state index in [1.165, 1.54) is 16.3 Å². The number of guanidine groups is 1. The number of hydrogen-bond donors (Lipinski definition) is 1. The molecular weight excluding hydrogens is 320 g/mol. The molecule has 1 fully saturated rings. The molecule has 1 N–H and O–H groups in total. The lowest BCUT2D eigenvalue weighted by Gasteiger charge is -2.21. The number of nitrogens with one attached hydrogen (secondary N) is 1. The van der Waals surface area contributed by atoms with Crippen LogP contribution in [-0.2, 0) is 19.9 Å². The fourth-order valence-corrected chi connectivity index (χ4v) is 3.92. The third kappa shape index (κ3) is 3.95. The summed E-state index contributed by atoms with van der Waals surface area (Å²) in [7, 11) is 3.83. The maximum Gasteiger partial charge on any atom is 0.193 e. The summed E-state index contributed by atoms with van der Waals surface area (Å²) in [5, 5.41) is 11.2. The summed E-state index contributed by atoms with van der Waals surface area (Å²) in [6.45, 7) is 5.06. The molecule has 0 amide bonds. The first kappa shape index (κ1) is 17.0. The maximum atomic E-state index is 4.62. The van der Waals surface area contributed by atoms with Crippen molar-refractivity contribution >= 4 is 17.3 Å². The normalized spacial score (nSPS) is 18.4. The third-order valence-electron chi connectivity index (χ3n) is 4.46. The summed E-state index contributed by atoms with van der Waals surface area (Å²) >= 11 is 1.75. The average molecular weight is 347 g/mol. The molecule has 0 spiro atoms. The van der Waals surface area contributed by atoms with Crippen molar-refractivity contribution in [3.05, 3.63) is 34.0 Å². The van der Waals surface area contributed by atoms with E-state index in [-0.39, 0.29) is 0 Å². The minimum Gasteiger partial charge on any atom is -0.356 e. The van der Waals surface area contributed by atoms with E-state index < -0.39 is 0 Å². The molecule has 2 aromatic rings. The number of rotatable bonds is 5. The SMILES string of the molecule is CCc1nc(CCNC(=NC)N2CCC(c3cnn(C)c3)C2)cs1. The van der Waals surface area contributed by atoms with E-state index in [4.69, 9.17) is 0 Å². The van der Waals surface area contributed by atoms with Gasteiger partial charge in [-0.15, -0.1) is 11.3 Å². The largest absolute Gasteiger partial charge is 0.356 e. The highest BCUT2D eigenvalue weighted by Gasteiger charge is 2.26. The van der Waals surface area contributed by atoms with E-state index in [0.29, 0.717) is 5.92 Å². The first-order valence-corrected chi connectivity index (χ1v) is 9.45. The van der Waals surface area contributed by atoms with Crippen LogP contribution in [0.4, 0.5) is 0 Å². The number of aryl methyl sites for hydroxylation is 2. The number of nitrogens with zero attached hydrogens (tertiary/aromatic N) is 5. The van der Waals surface area contributed by atoms with Crippen molar-refractivity contribution < 1.29 is 0 Å². The molecule has 24 heavy (non-hydrogen) atoms. The molecule has 0 bridgehead atoms. The van der Waals surface area contributed by atoms with Crippen molar-refractivity contribution in [2.24, 2.45) is 12.0 Å². The van der Waals surface area contributed by atoms with Crippen molar-refractivity contribution in [2.75, 3.05) is 26.7 Å². The molecule has 3 rings (SSSR count). The first-order valence-electron chi connectivity index (χ1n) is 8.57. The van der Waals surface area contributed by atoms with Gasteiger partial charge in [-0.25, -0.2) is 4.98 Å². The molecule has 0 aliphatic carbocycles. The number of aromatic nitrogens is 3. The van der Waals surface area contributed by atoms with Gasteiger partial charge in [-0.1, -0.05) is 6.92 Å².